The Kier molecular flexibility index (Phi) is 3.72. The van der Waals surface area contributed by atoms with E-state index in [0.717, 1.165) is 31.9 Å². The maximum Gasteiger partial charge on any atom is 0.224 e. The summed E-state index contributed by atoms with van der Waals surface area (Å²) in [5, 5.41) is 2.87. The number of carbonyl (C=O) groups is 1. The third-order valence-corrected chi connectivity index (χ3v) is 5.29. The molecule has 5 heteroatoms. The number of amides is 1. The summed E-state index contributed by atoms with van der Waals surface area (Å²) in [5.74, 6) is 0.0584. The first-order valence-electron chi connectivity index (χ1n) is 6.28. The second kappa shape index (κ2) is 5.50. The highest BCUT2D eigenvalue weighted by atomic mass is 79.9. The van der Waals surface area contributed by atoms with Gasteiger partial charge in [0.05, 0.1) is 0 Å². The number of nitrogen functional groups attached to an aromatic ring is 1. The molecule has 0 atom stereocenters. The van der Waals surface area contributed by atoms with Crippen LogP contribution in [0.2, 0.25) is 0 Å². The summed E-state index contributed by atoms with van der Waals surface area (Å²) >= 11 is 5.17. The summed E-state index contributed by atoms with van der Waals surface area (Å²) in [6.07, 6.45) is 1.31. The van der Waals surface area contributed by atoms with Crippen LogP contribution < -0.4 is 11.1 Å². The predicted molar refractivity (Wildman–Crippen MR) is 86.1 cm³/mol. The molecule has 0 aromatic heterocycles. The van der Waals surface area contributed by atoms with E-state index in [1.807, 2.05) is 24.3 Å². The van der Waals surface area contributed by atoms with Gasteiger partial charge in [0.1, 0.15) is 0 Å². The van der Waals surface area contributed by atoms with Gasteiger partial charge in [0.15, 0.2) is 0 Å². The molecule has 0 saturated heterocycles. The van der Waals surface area contributed by atoms with Crippen LogP contribution in [0, 0.1) is 0 Å². The lowest BCUT2D eigenvalue weighted by Crippen LogP contribution is -2.19. The molecule has 0 aliphatic carbocycles. The fraction of sp³-hybridized carbons (Fsp3) is 0.133. The molecule has 2 aromatic rings. The number of hydrogen-bond acceptors (Lipinski definition) is 3. The SMILES string of the molecule is Nc1cc2c(cc1Sc1ccccc1Br)CCC(=O)N2. The second-order valence-electron chi connectivity index (χ2n) is 4.63. The Bertz CT molecular complexity index is 688. The van der Waals surface area contributed by atoms with E-state index in [1.165, 1.54) is 0 Å². The fourth-order valence-corrected chi connectivity index (χ4v) is 3.61. The van der Waals surface area contributed by atoms with Crippen LogP contribution in [-0.4, -0.2) is 5.91 Å². The van der Waals surface area contributed by atoms with Crippen LogP contribution in [0.5, 0.6) is 0 Å². The zero-order valence-electron chi connectivity index (χ0n) is 10.7. The molecule has 0 unspecified atom stereocenters. The summed E-state index contributed by atoms with van der Waals surface area (Å²) in [6.45, 7) is 0. The van der Waals surface area contributed by atoms with Gasteiger partial charge in [0.25, 0.3) is 0 Å². The van der Waals surface area contributed by atoms with Gasteiger partial charge in [-0.05, 0) is 52.2 Å². The number of halogens is 1. The van der Waals surface area contributed by atoms with Gasteiger partial charge >= 0.3 is 0 Å². The maximum absolute atomic E-state index is 11.4. The number of carbonyl (C=O) groups excluding carboxylic acids is 1. The van der Waals surface area contributed by atoms with Crippen LogP contribution in [0.25, 0.3) is 0 Å². The van der Waals surface area contributed by atoms with Gasteiger partial charge in [-0.1, -0.05) is 23.9 Å². The van der Waals surface area contributed by atoms with Gasteiger partial charge in [-0.2, -0.15) is 0 Å². The van der Waals surface area contributed by atoms with Crippen molar-refractivity contribution in [1.82, 2.24) is 0 Å². The van der Waals surface area contributed by atoms with E-state index in [-0.39, 0.29) is 5.91 Å². The first-order chi connectivity index (χ1) is 9.63. The molecule has 0 saturated carbocycles. The van der Waals surface area contributed by atoms with Gasteiger partial charge < -0.3 is 11.1 Å². The fourth-order valence-electron chi connectivity index (χ4n) is 2.16. The molecule has 20 heavy (non-hydrogen) atoms. The lowest BCUT2D eigenvalue weighted by molar-refractivity contribution is -0.116. The molecule has 1 amide bonds. The Labute approximate surface area is 130 Å². The lowest BCUT2D eigenvalue weighted by Gasteiger charge is -2.19. The molecular weight excluding hydrogens is 336 g/mol. The molecule has 1 aliphatic rings. The number of nitrogens with one attached hydrogen (secondary N) is 1. The Morgan fingerprint density at radius 2 is 1.95 bits per heavy atom. The van der Waals surface area contributed by atoms with Gasteiger partial charge in [0.2, 0.25) is 5.91 Å². The minimum Gasteiger partial charge on any atom is -0.398 e. The van der Waals surface area contributed by atoms with Crippen molar-refractivity contribution in [3.05, 3.63) is 46.4 Å². The molecule has 3 rings (SSSR count). The standard InChI is InChI=1S/C15H13BrN2OS/c16-10-3-1-2-4-13(10)20-14-7-9-5-6-15(19)18-12(9)8-11(14)17/h1-4,7-8H,5-6,17H2,(H,18,19). The normalized spacial score (nSPS) is 13.8. The molecule has 0 fully saturated rings. The summed E-state index contributed by atoms with van der Waals surface area (Å²) < 4.78 is 1.05. The molecule has 102 valence electrons. The molecule has 0 radical (unpaired) electrons. The third kappa shape index (κ3) is 2.69. The number of hydrogen-bond donors (Lipinski definition) is 2. The number of rotatable bonds is 2. The summed E-state index contributed by atoms with van der Waals surface area (Å²) in [5.41, 5.74) is 8.78. The molecule has 3 N–H and O–H groups in total. The molecule has 1 aliphatic heterocycles. The molecule has 0 spiro atoms. The van der Waals surface area contributed by atoms with Gasteiger partial charge in [-0.3, -0.25) is 4.79 Å². The maximum atomic E-state index is 11.4. The topological polar surface area (TPSA) is 55.1 Å². The second-order valence-corrected chi connectivity index (χ2v) is 6.57. The minimum atomic E-state index is 0.0584. The van der Waals surface area contributed by atoms with Crippen molar-refractivity contribution in [2.75, 3.05) is 11.1 Å². The average molecular weight is 349 g/mol. The van der Waals surface area contributed by atoms with Crippen LogP contribution >= 0.6 is 27.7 Å². The first kappa shape index (κ1) is 13.5. The van der Waals surface area contributed by atoms with E-state index in [0.29, 0.717) is 12.1 Å². The van der Waals surface area contributed by atoms with Crippen molar-refractivity contribution in [2.45, 2.75) is 22.6 Å². The van der Waals surface area contributed by atoms with Crippen molar-refractivity contribution in [3.63, 3.8) is 0 Å². The number of benzene rings is 2. The Morgan fingerprint density at radius 1 is 1.15 bits per heavy atom. The van der Waals surface area contributed by atoms with E-state index in [2.05, 4.69) is 33.4 Å². The van der Waals surface area contributed by atoms with Gasteiger partial charge in [-0.25, -0.2) is 0 Å². The average Bonchev–Trinajstić information content (AvgIpc) is 2.42. The highest BCUT2D eigenvalue weighted by molar-refractivity contribution is 9.10. The highest BCUT2D eigenvalue weighted by Crippen LogP contribution is 2.39. The number of aryl methyl sites for hydroxylation is 1. The molecular formula is C15H13BrN2OS. The predicted octanol–water partition coefficient (Wildman–Crippen LogP) is 4.07. The van der Waals surface area contributed by atoms with Crippen LogP contribution in [0.4, 0.5) is 11.4 Å². The van der Waals surface area contributed by atoms with Crippen LogP contribution in [0.3, 0.4) is 0 Å². The summed E-state index contributed by atoms with van der Waals surface area (Å²) in [4.78, 5) is 13.5. The monoisotopic (exact) mass is 348 g/mol. The van der Waals surface area contributed by atoms with Crippen LogP contribution in [0.1, 0.15) is 12.0 Å². The smallest absolute Gasteiger partial charge is 0.224 e. The van der Waals surface area contributed by atoms with Crippen molar-refractivity contribution in [2.24, 2.45) is 0 Å². The highest BCUT2D eigenvalue weighted by Gasteiger charge is 2.17. The summed E-state index contributed by atoms with van der Waals surface area (Å²) in [7, 11) is 0. The van der Waals surface area contributed by atoms with Crippen LogP contribution in [0.15, 0.2) is 50.7 Å². The van der Waals surface area contributed by atoms with E-state index in [1.54, 1.807) is 11.8 Å². The quantitative estimate of drug-likeness (QED) is 0.804. The number of fused-ring (bicyclic) bond motifs is 1. The van der Waals surface area contributed by atoms with Gasteiger partial charge in [0, 0.05) is 32.1 Å². The third-order valence-electron chi connectivity index (χ3n) is 3.19. The van der Waals surface area contributed by atoms with Crippen molar-refractivity contribution >= 4 is 45.0 Å². The van der Waals surface area contributed by atoms with Crippen molar-refractivity contribution < 1.29 is 4.79 Å². The van der Waals surface area contributed by atoms with E-state index in [4.69, 9.17) is 5.73 Å². The molecule has 3 nitrogen and oxygen atoms in total. The lowest BCUT2D eigenvalue weighted by atomic mass is 10.0. The van der Waals surface area contributed by atoms with E-state index < -0.39 is 0 Å². The summed E-state index contributed by atoms with van der Waals surface area (Å²) in [6, 6.07) is 12.0. The zero-order valence-corrected chi connectivity index (χ0v) is 13.1. The molecule has 2 aromatic carbocycles. The molecule has 1 heterocycles. The van der Waals surface area contributed by atoms with Crippen LogP contribution in [-0.2, 0) is 11.2 Å². The van der Waals surface area contributed by atoms with Crippen molar-refractivity contribution in [3.8, 4) is 0 Å². The number of nitrogens with two attached hydrogens (primary N) is 1. The minimum absolute atomic E-state index is 0.0584. The van der Waals surface area contributed by atoms with E-state index in [9.17, 15) is 4.79 Å². The Balaban J connectivity index is 1.95. The van der Waals surface area contributed by atoms with E-state index >= 15 is 0 Å². The largest absolute Gasteiger partial charge is 0.398 e. The molecule has 0 bridgehead atoms. The Morgan fingerprint density at radius 3 is 2.75 bits per heavy atom. The number of anilines is 2. The first-order valence-corrected chi connectivity index (χ1v) is 7.89. The zero-order chi connectivity index (χ0) is 14.1. The Hall–Kier alpha value is -1.46. The van der Waals surface area contributed by atoms with Crippen molar-refractivity contribution in [1.29, 1.82) is 0 Å². The van der Waals surface area contributed by atoms with Gasteiger partial charge in [-0.15, -0.1) is 0 Å².